The lowest BCUT2D eigenvalue weighted by Crippen LogP contribution is -2.34. The van der Waals surface area contributed by atoms with Crippen LogP contribution in [0, 0.1) is 5.41 Å². The summed E-state index contributed by atoms with van der Waals surface area (Å²) in [5.74, 6) is 1.66. The third-order valence-electron chi connectivity index (χ3n) is 7.22. The second-order valence-electron chi connectivity index (χ2n) is 8.67. The quantitative estimate of drug-likeness (QED) is 0.829. The molecule has 2 saturated heterocycles. The maximum Gasteiger partial charge on any atom is 0.222 e. The van der Waals surface area contributed by atoms with Gasteiger partial charge in [-0.25, -0.2) is 4.98 Å². The van der Waals surface area contributed by atoms with E-state index in [2.05, 4.69) is 10.2 Å². The fourth-order valence-corrected chi connectivity index (χ4v) is 5.94. The number of fused-ring (bicyclic) bond motifs is 2. The smallest absolute Gasteiger partial charge is 0.222 e. The Morgan fingerprint density at radius 2 is 1.83 bits per heavy atom. The molecule has 0 aromatic carbocycles. The van der Waals surface area contributed by atoms with Crippen LogP contribution in [0.4, 0.5) is 11.8 Å². The van der Waals surface area contributed by atoms with Crippen molar-refractivity contribution in [1.82, 2.24) is 15.3 Å². The van der Waals surface area contributed by atoms with Gasteiger partial charge in [-0.2, -0.15) is 4.98 Å². The number of rotatable bonds is 1. The Labute approximate surface area is 144 Å². The van der Waals surface area contributed by atoms with E-state index in [1.54, 1.807) is 0 Å². The lowest BCUT2D eigenvalue weighted by atomic mass is 9.71. The van der Waals surface area contributed by atoms with Crippen molar-refractivity contribution in [2.45, 2.75) is 63.2 Å². The molecule has 3 N–H and O–H groups in total. The summed E-state index contributed by atoms with van der Waals surface area (Å²) in [6.45, 7) is 4.59. The van der Waals surface area contributed by atoms with Gasteiger partial charge in [-0.3, -0.25) is 0 Å². The summed E-state index contributed by atoms with van der Waals surface area (Å²) < 4.78 is 0. The van der Waals surface area contributed by atoms with Crippen LogP contribution in [0.5, 0.6) is 0 Å². The van der Waals surface area contributed by atoms with Gasteiger partial charge in [0.15, 0.2) is 0 Å². The van der Waals surface area contributed by atoms with Gasteiger partial charge >= 0.3 is 0 Å². The third kappa shape index (κ3) is 2.17. The summed E-state index contributed by atoms with van der Waals surface area (Å²) in [4.78, 5) is 12.1. The van der Waals surface area contributed by atoms with E-state index in [-0.39, 0.29) is 0 Å². The molecule has 2 spiro atoms. The van der Waals surface area contributed by atoms with E-state index in [4.69, 9.17) is 15.7 Å². The largest absolute Gasteiger partial charge is 0.368 e. The fraction of sp³-hybridized carbons (Fsp3) is 0.789. The number of nitrogen functional groups attached to an aromatic ring is 1. The van der Waals surface area contributed by atoms with Crippen LogP contribution in [-0.2, 0) is 11.8 Å². The van der Waals surface area contributed by atoms with Gasteiger partial charge in [0.2, 0.25) is 5.95 Å². The van der Waals surface area contributed by atoms with E-state index in [1.165, 1.54) is 75.0 Å². The second-order valence-corrected chi connectivity index (χ2v) is 8.67. The average molecular weight is 327 g/mol. The predicted octanol–water partition coefficient (Wildman–Crippen LogP) is 2.40. The summed E-state index contributed by atoms with van der Waals surface area (Å²) in [7, 11) is 0. The molecule has 3 heterocycles. The molecule has 5 rings (SSSR count). The zero-order valence-corrected chi connectivity index (χ0v) is 14.6. The van der Waals surface area contributed by atoms with Crippen molar-refractivity contribution in [1.29, 1.82) is 0 Å². The first-order chi connectivity index (χ1) is 11.7. The molecule has 0 bridgehead atoms. The zero-order valence-electron chi connectivity index (χ0n) is 14.6. The standard InChI is InChI=1S/C19H29N5/c20-17-22-15-14(4-3-7-19(15)5-1-2-6-19)16(23-17)24-11-9-18(13-24)8-10-21-12-18/h21H,1-13H2,(H2,20,22,23). The van der Waals surface area contributed by atoms with Crippen LogP contribution in [0.3, 0.4) is 0 Å². The molecule has 5 nitrogen and oxygen atoms in total. The van der Waals surface area contributed by atoms with Crippen LogP contribution >= 0.6 is 0 Å². The summed E-state index contributed by atoms with van der Waals surface area (Å²) in [6.07, 6.45) is 11.6. The Bertz CT molecular complexity index is 643. The van der Waals surface area contributed by atoms with E-state index in [0.717, 1.165) is 26.1 Å². The molecule has 0 amide bonds. The van der Waals surface area contributed by atoms with Crippen LogP contribution in [-0.4, -0.2) is 36.1 Å². The first-order valence-electron chi connectivity index (χ1n) is 9.82. The van der Waals surface area contributed by atoms with Crippen LogP contribution in [0.2, 0.25) is 0 Å². The van der Waals surface area contributed by atoms with Gasteiger partial charge in [-0.1, -0.05) is 12.8 Å². The van der Waals surface area contributed by atoms with Crippen molar-refractivity contribution < 1.29 is 0 Å². The molecule has 1 atom stereocenters. The van der Waals surface area contributed by atoms with Gasteiger partial charge in [0, 0.05) is 36.0 Å². The van der Waals surface area contributed by atoms with Crippen molar-refractivity contribution in [2.24, 2.45) is 5.41 Å². The van der Waals surface area contributed by atoms with Gasteiger partial charge < -0.3 is 16.0 Å². The maximum atomic E-state index is 6.18. The average Bonchev–Trinajstić information content (AvgIpc) is 3.32. The minimum atomic E-state index is 0.311. The lowest BCUT2D eigenvalue weighted by molar-refractivity contribution is 0.356. The Hall–Kier alpha value is -1.36. The molecule has 0 radical (unpaired) electrons. The van der Waals surface area contributed by atoms with Gasteiger partial charge in [-0.05, 0) is 51.5 Å². The van der Waals surface area contributed by atoms with Gasteiger partial charge in [0.1, 0.15) is 5.82 Å². The monoisotopic (exact) mass is 327 g/mol. The summed E-state index contributed by atoms with van der Waals surface area (Å²) in [6, 6.07) is 0. The van der Waals surface area contributed by atoms with Gasteiger partial charge in [0.25, 0.3) is 0 Å². The first kappa shape index (κ1) is 14.9. The number of nitrogens with one attached hydrogen (secondary N) is 1. The number of aromatic nitrogens is 2. The van der Waals surface area contributed by atoms with E-state index < -0.39 is 0 Å². The highest BCUT2D eigenvalue weighted by molar-refractivity contribution is 5.56. The third-order valence-corrected chi connectivity index (χ3v) is 7.22. The SMILES string of the molecule is Nc1nc(N2CCC3(CCNC3)C2)c2c(n1)C1(CCCC1)CCC2. The van der Waals surface area contributed by atoms with Crippen molar-refractivity contribution in [3.63, 3.8) is 0 Å². The van der Waals surface area contributed by atoms with Gasteiger partial charge in [0.05, 0.1) is 5.69 Å². The van der Waals surface area contributed by atoms with E-state index in [0.29, 0.717) is 16.8 Å². The van der Waals surface area contributed by atoms with E-state index in [9.17, 15) is 0 Å². The summed E-state index contributed by atoms with van der Waals surface area (Å²) in [5, 5.41) is 3.56. The molecule has 3 fully saturated rings. The highest BCUT2D eigenvalue weighted by atomic mass is 15.2. The van der Waals surface area contributed by atoms with Crippen LogP contribution in [0.15, 0.2) is 0 Å². The maximum absolute atomic E-state index is 6.18. The lowest BCUT2D eigenvalue weighted by Gasteiger charge is -2.36. The van der Waals surface area contributed by atoms with Crippen molar-refractivity contribution in [3.05, 3.63) is 11.3 Å². The molecule has 1 aromatic rings. The summed E-state index contributed by atoms with van der Waals surface area (Å²) in [5.41, 5.74) is 9.71. The Morgan fingerprint density at radius 3 is 2.62 bits per heavy atom. The van der Waals surface area contributed by atoms with E-state index >= 15 is 0 Å². The van der Waals surface area contributed by atoms with Crippen LogP contribution in [0.1, 0.15) is 62.6 Å². The highest BCUT2D eigenvalue weighted by Crippen LogP contribution is 2.50. The van der Waals surface area contributed by atoms with Crippen molar-refractivity contribution in [3.8, 4) is 0 Å². The molecule has 1 unspecified atom stereocenters. The van der Waals surface area contributed by atoms with Crippen LogP contribution in [0.25, 0.3) is 0 Å². The second kappa shape index (κ2) is 5.32. The Kier molecular flexibility index (Phi) is 3.31. The summed E-state index contributed by atoms with van der Waals surface area (Å²) >= 11 is 0. The van der Waals surface area contributed by atoms with Crippen molar-refractivity contribution in [2.75, 3.05) is 36.8 Å². The zero-order chi connectivity index (χ0) is 16.2. The first-order valence-corrected chi connectivity index (χ1v) is 9.82. The molecule has 1 saturated carbocycles. The topological polar surface area (TPSA) is 67.1 Å². The Morgan fingerprint density at radius 1 is 1.00 bits per heavy atom. The molecule has 2 aliphatic carbocycles. The Balaban J connectivity index is 1.54. The van der Waals surface area contributed by atoms with Crippen molar-refractivity contribution >= 4 is 11.8 Å². The predicted molar refractivity (Wildman–Crippen MR) is 96.3 cm³/mol. The molecule has 2 aliphatic heterocycles. The molecular weight excluding hydrogens is 298 g/mol. The molecular formula is C19H29N5. The number of hydrogen-bond donors (Lipinski definition) is 2. The molecule has 4 aliphatic rings. The fourth-order valence-electron chi connectivity index (χ4n) is 5.94. The molecule has 5 heteroatoms. The normalized spacial score (nSPS) is 31.2. The number of nitrogens with zero attached hydrogens (tertiary/aromatic N) is 3. The highest BCUT2D eigenvalue weighted by Gasteiger charge is 2.45. The molecule has 24 heavy (non-hydrogen) atoms. The number of anilines is 2. The van der Waals surface area contributed by atoms with E-state index in [1.807, 2.05) is 0 Å². The van der Waals surface area contributed by atoms with Crippen LogP contribution < -0.4 is 16.0 Å². The minimum Gasteiger partial charge on any atom is -0.368 e. The number of hydrogen-bond acceptors (Lipinski definition) is 5. The molecule has 1 aromatic heterocycles. The van der Waals surface area contributed by atoms with Gasteiger partial charge in [-0.15, -0.1) is 0 Å². The minimum absolute atomic E-state index is 0.311. The molecule has 130 valence electrons. The number of nitrogens with two attached hydrogens (primary N) is 1.